The molecule has 0 aliphatic carbocycles. The van der Waals surface area contributed by atoms with Crippen LogP contribution in [-0.4, -0.2) is 23.5 Å². The van der Waals surface area contributed by atoms with Gasteiger partial charge in [-0.2, -0.15) is 5.10 Å². The molecule has 0 bridgehead atoms. The zero-order chi connectivity index (χ0) is 14.7. The number of benzene rings is 1. The second-order valence-electron chi connectivity index (χ2n) is 4.60. The van der Waals surface area contributed by atoms with Gasteiger partial charge in [0.15, 0.2) is 0 Å². The minimum absolute atomic E-state index is 0.336. The van der Waals surface area contributed by atoms with Crippen molar-refractivity contribution < 1.29 is 4.74 Å². The molecule has 20 heavy (non-hydrogen) atoms. The van der Waals surface area contributed by atoms with E-state index < -0.39 is 0 Å². The van der Waals surface area contributed by atoms with E-state index >= 15 is 0 Å². The van der Waals surface area contributed by atoms with Crippen molar-refractivity contribution in [2.45, 2.75) is 19.5 Å². The molecule has 4 nitrogen and oxygen atoms in total. The summed E-state index contributed by atoms with van der Waals surface area (Å²) in [5, 5.41) is 4.98. The average Bonchev–Trinajstić information content (AvgIpc) is 2.77. The van der Waals surface area contributed by atoms with E-state index in [-0.39, 0.29) is 6.04 Å². The fourth-order valence-corrected chi connectivity index (χ4v) is 2.96. The van der Waals surface area contributed by atoms with Crippen molar-refractivity contribution in [1.82, 2.24) is 9.78 Å². The van der Waals surface area contributed by atoms with Crippen LogP contribution >= 0.6 is 27.5 Å². The van der Waals surface area contributed by atoms with Gasteiger partial charge in [0, 0.05) is 12.1 Å². The maximum absolute atomic E-state index is 6.37. The Morgan fingerprint density at radius 1 is 1.50 bits per heavy atom. The van der Waals surface area contributed by atoms with Gasteiger partial charge in [-0.25, -0.2) is 0 Å². The molecule has 1 aromatic carbocycles. The van der Waals surface area contributed by atoms with E-state index in [1.807, 2.05) is 29.8 Å². The summed E-state index contributed by atoms with van der Waals surface area (Å²) in [6.45, 7) is 3.23. The van der Waals surface area contributed by atoms with E-state index in [9.17, 15) is 0 Å². The van der Waals surface area contributed by atoms with Gasteiger partial charge in [-0.15, -0.1) is 0 Å². The van der Waals surface area contributed by atoms with Gasteiger partial charge in [0.1, 0.15) is 0 Å². The Morgan fingerprint density at radius 2 is 2.25 bits per heavy atom. The molecule has 1 aromatic heterocycles. The van der Waals surface area contributed by atoms with Crippen molar-refractivity contribution in [2.24, 2.45) is 5.73 Å². The maximum atomic E-state index is 6.37. The third kappa shape index (κ3) is 3.23. The zero-order valence-corrected chi connectivity index (χ0v) is 13.8. The van der Waals surface area contributed by atoms with E-state index in [0.29, 0.717) is 18.2 Å². The predicted octanol–water partition coefficient (Wildman–Crippen LogP) is 3.30. The van der Waals surface area contributed by atoms with Gasteiger partial charge in [-0.3, -0.25) is 4.68 Å². The number of aryl methyl sites for hydroxylation is 1. The van der Waals surface area contributed by atoms with Crippen LogP contribution < -0.4 is 5.73 Å². The van der Waals surface area contributed by atoms with Crippen LogP contribution in [0.25, 0.3) is 0 Å². The zero-order valence-electron chi connectivity index (χ0n) is 11.4. The number of halogens is 2. The van der Waals surface area contributed by atoms with Crippen LogP contribution in [-0.2, 0) is 11.3 Å². The summed E-state index contributed by atoms with van der Waals surface area (Å²) < 4.78 is 7.81. The minimum Gasteiger partial charge on any atom is -0.383 e. The third-order valence-electron chi connectivity index (χ3n) is 3.13. The first-order valence-corrected chi connectivity index (χ1v) is 7.43. The normalized spacial score (nSPS) is 12.7. The molecule has 0 aliphatic heterocycles. The molecule has 2 rings (SSSR count). The Balaban J connectivity index is 2.37. The van der Waals surface area contributed by atoms with Gasteiger partial charge in [0.2, 0.25) is 0 Å². The molecular weight excluding hydrogens is 342 g/mol. The van der Waals surface area contributed by atoms with Crippen molar-refractivity contribution in [3.63, 3.8) is 0 Å². The van der Waals surface area contributed by atoms with Crippen molar-refractivity contribution in [3.05, 3.63) is 50.7 Å². The molecule has 0 saturated carbocycles. The van der Waals surface area contributed by atoms with E-state index in [4.69, 9.17) is 22.1 Å². The molecule has 0 fully saturated rings. The molecule has 2 aromatic rings. The monoisotopic (exact) mass is 357 g/mol. The summed E-state index contributed by atoms with van der Waals surface area (Å²) in [5.74, 6) is 0. The fraction of sp³-hybridized carbons (Fsp3) is 0.357. The van der Waals surface area contributed by atoms with Crippen LogP contribution in [0, 0.1) is 6.92 Å². The highest BCUT2D eigenvalue weighted by atomic mass is 79.9. The van der Waals surface area contributed by atoms with E-state index in [1.54, 1.807) is 13.3 Å². The van der Waals surface area contributed by atoms with Crippen molar-refractivity contribution in [3.8, 4) is 0 Å². The van der Waals surface area contributed by atoms with Gasteiger partial charge in [-0.05, 0) is 40.0 Å². The Morgan fingerprint density at radius 3 is 2.90 bits per heavy atom. The van der Waals surface area contributed by atoms with Crippen molar-refractivity contribution in [1.29, 1.82) is 0 Å². The lowest BCUT2D eigenvalue weighted by Crippen LogP contribution is -2.20. The summed E-state index contributed by atoms with van der Waals surface area (Å²) in [6.07, 6.45) is 1.74. The second-order valence-corrected chi connectivity index (χ2v) is 5.86. The van der Waals surface area contributed by atoms with Crippen LogP contribution in [0.5, 0.6) is 0 Å². The van der Waals surface area contributed by atoms with E-state index in [2.05, 4.69) is 21.0 Å². The van der Waals surface area contributed by atoms with Crippen LogP contribution in [0.2, 0.25) is 5.02 Å². The van der Waals surface area contributed by atoms with Crippen LogP contribution in [0.3, 0.4) is 0 Å². The van der Waals surface area contributed by atoms with Gasteiger partial charge in [-0.1, -0.05) is 23.7 Å². The molecule has 0 amide bonds. The molecule has 1 atom stereocenters. The Labute approximate surface area is 132 Å². The number of aromatic nitrogens is 2. The smallest absolute Gasteiger partial charge is 0.0749 e. The molecule has 0 aliphatic rings. The molecule has 1 heterocycles. The quantitative estimate of drug-likeness (QED) is 0.892. The Hall–Kier alpha value is -0.880. The number of methoxy groups -OCH3 is 1. The van der Waals surface area contributed by atoms with Crippen LogP contribution in [0.1, 0.15) is 22.9 Å². The van der Waals surface area contributed by atoms with E-state index in [0.717, 1.165) is 21.3 Å². The highest BCUT2D eigenvalue weighted by Gasteiger charge is 2.20. The van der Waals surface area contributed by atoms with Gasteiger partial charge >= 0.3 is 0 Å². The standard InChI is InChI=1S/C14H17BrClN3O/c1-9-3-4-10(12(16)7-9)13(17)14-11(15)8-18-19(14)5-6-20-2/h3-4,7-8,13H,5-6,17H2,1-2H3. The van der Waals surface area contributed by atoms with Crippen molar-refractivity contribution >= 4 is 27.5 Å². The fourth-order valence-electron chi connectivity index (χ4n) is 2.07. The molecule has 1 unspecified atom stereocenters. The van der Waals surface area contributed by atoms with Crippen LogP contribution in [0.15, 0.2) is 28.9 Å². The summed E-state index contributed by atoms with van der Waals surface area (Å²) in [7, 11) is 1.66. The lowest BCUT2D eigenvalue weighted by atomic mass is 10.0. The molecule has 0 spiro atoms. The summed E-state index contributed by atoms with van der Waals surface area (Å²) in [4.78, 5) is 0. The number of nitrogens with two attached hydrogens (primary N) is 1. The summed E-state index contributed by atoms with van der Waals surface area (Å²) in [5.41, 5.74) is 9.26. The largest absolute Gasteiger partial charge is 0.383 e. The third-order valence-corrected chi connectivity index (χ3v) is 4.06. The lowest BCUT2D eigenvalue weighted by molar-refractivity contribution is 0.182. The number of hydrogen-bond acceptors (Lipinski definition) is 3. The molecular formula is C14H17BrClN3O. The first kappa shape index (κ1) is 15.5. The Bertz CT molecular complexity index is 600. The number of nitrogens with zero attached hydrogens (tertiary/aromatic N) is 2. The topological polar surface area (TPSA) is 53.1 Å². The summed E-state index contributed by atoms with van der Waals surface area (Å²) in [6, 6.07) is 5.55. The predicted molar refractivity (Wildman–Crippen MR) is 84.0 cm³/mol. The van der Waals surface area contributed by atoms with Crippen LogP contribution in [0.4, 0.5) is 0 Å². The molecule has 108 valence electrons. The SMILES string of the molecule is COCCn1ncc(Br)c1C(N)c1ccc(C)cc1Cl. The van der Waals surface area contributed by atoms with Gasteiger partial charge in [0.05, 0.1) is 35.6 Å². The van der Waals surface area contributed by atoms with Crippen molar-refractivity contribution in [2.75, 3.05) is 13.7 Å². The minimum atomic E-state index is -0.336. The van der Waals surface area contributed by atoms with Gasteiger partial charge in [0.25, 0.3) is 0 Å². The first-order chi connectivity index (χ1) is 9.54. The molecule has 6 heteroatoms. The second kappa shape index (κ2) is 6.72. The summed E-state index contributed by atoms with van der Waals surface area (Å²) >= 11 is 9.80. The van der Waals surface area contributed by atoms with E-state index in [1.165, 1.54) is 0 Å². The maximum Gasteiger partial charge on any atom is 0.0749 e. The highest BCUT2D eigenvalue weighted by Crippen LogP contribution is 2.31. The molecule has 2 N–H and O–H groups in total. The lowest BCUT2D eigenvalue weighted by Gasteiger charge is -2.17. The van der Waals surface area contributed by atoms with Gasteiger partial charge < -0.3 is 10.5 Å². The molecule has 0 saturated heterocycles. The highest BCUT2D eigenvalue weighted by molar-refractivity contribution is 9.10. The average molecular weight is 359 g/mol. The number of ether oxygens (including phenoxy) is 1. The Kier molecular flexibility index (Phi) is 5.21. The first-order valence-electron chi connectivity index (χ1n) is 6.26. The number of rotatable bonds is 5. The molecule has 0 radical (unpaired) electrons. The number of hydrogen-bond donors (Lipinski definition) is 1.